The minimum atomic E-state index is -4.22. The smallest absolute Gasteiger partial charge is 0.430 e. The average Bonchev–Trinajstić information content (AvgIpc) is 2.44. The van der Waals surface area contributed by atoms with Gasteiger partial charge in [-0.3, -0.25) is 0 Å². The van der Waals surface area contributed by atoms with E-state index < -0.39 is 31.5 Å². The summed E-state index contributed by atoms with van der Waals surface area (Å²) in [5.74, 6) is 0. The summed E-state index contributed by atoms with van der Waals surface area (Å²) in [5.41, 5.74) is 0. The number of ether oxygens (including phenoxy) is 3. The van der Waals surface area contributed by atoms with Crippen LogP contribution in [0.2, 0.25) is 0 Å². The molecule has 1 aliphatic rings. The van der Waals surface area contributed by atoms with Crippen molar-refractivity contribution in [1.29, 1.82) is 0 Å². The Bertz CT molecular complexity index is 204. The number of hydrogen-bond acceptors (Lipinski definition) is 4. The molecule has 0 aliphatic carbocycles. The van der Waals surface area contributed by atoms with Crippen molar-refractivity contribution in [2.75, 3.05) is 19.8 Å². The van der Waals surface area contributed by atoms with Gasteiger partial charge in [0.25, 0.3) is 0 Å². The van der Waals surface area contributed by atoms with E-state index in [4.69, 9.17) is 0 Å². The van der Waals surface area contributed by atoms with Crippen LogP contribution in [0, 0.1) is 0 Å². The first-order valence-corrected chi connectivity index (χ1v) is 3.95. The van der Waals surface area contributed by atoms with Crippen molar-refractivity contribution in [3.05, 3.63) is 0 Å². The second kappa shape index (κ2) is 4.50. The molecule has 1 unspecified atom stereocenters. The Morgan fingerprint density at radius 3 is 2.71 bits per heavy atom. The van der Waals surface area contributed by atoms with Gasteiger partial charge in [0.2, 0.25) is 0 Å². The molecule has 4 nitrogen and oxygen atoms in total. The molecule has 0 N–H and O–H groups in total. The van der Waals surface area contributed by atoms with Gasteiger partial charge < -0.3 is 14.2 Å². The van der Waals surface area contributed by atoms with Crippen molar-refractivity contribution in [1.82, 2.24) is 0 Å². The van der Waals surface area contributed by atoms with E-state index >= 15 is 0 Å². The zero-order valence-corrected chi connectivity index (χ0v) is 7.17. The molecular weight excluding hydrogens is 205 g/mol. The van der Waals surface area contributed by atoms with E-state index in [2.05, 4.69) is 14.2 Å². The summed E-state index contributed by atoms with van der Waals surface area (Å²) in [6.07, 6.45) is -6.62. The van der Waals surface area contributed by atoms with E-state index in [1.165, 1.54) is 0 Å². The quantitative estimate of drug-likeness (QED) is 0.525. The van der Waals surface area contributed by atoms with E-state index in [0.29, 0.717) is 0 Å². The molecule has 0 saturated carbocycles. The Balaban J connectivity index is 2.02. The highest BCUT2D eigenvalue weighted by Gasteiger charge is 2.28. The maximum atomic E-state index is 11.6. The molecule has 1 atom stereocenters. The summed E-state index contributed by atoms with van der Waals surface area (Å²) in [4.78, 5) is 10.4. The third-order valence-electron chi connectivity index (χ3n) is 1.48. The molecule has 0 aromatic heterocycles. The van der Waals surface area contributed by atoms with Crippen LogP contribution in [0.5, 0.6) is 0 Å². The van der Waals surface area contributed by atoms with Gasteiger partial charge in [-0.15, -0.1) is 0 Å². The summed E-state index contributed by atoms with van der Waals surface area (Å²) >= 11 is 0. The van der Waals surface area contributed by atoms with Crippen molar-refractivity contribution in [3.8, 4) is 0 Å². The number of carbonyl (C=O) groups excluding carboxylic acids is 1. The van der Waals surface area contributed by atoms with Crippen LogP contribution >= 0.6 is 0 Å². The van der Waals surface area contributed by atoms with E-state index in [9.17, 15) is 18.0 Å². The molecule has 0 spiro atoms. The van der Waals surface area contributed by atoms with Gasteiger partial charge in [0.1, 0.15) is 6.61 Å². The lowest BCUT2D eigenvalue weighted by Crippen LogP contribution is -2.20. The van der Waals surface area contributed by atoms with E-state index in [0.717, 1.165) is 0 Å². The number of hydrogen-bond donors (Lipinski definition) is 0. The van der Waals surface area contributed by atoms with Gasteiger partial charge in [-0.2, -0.15) is 13.2 Å². The minimum absolute atomic E-state index is 0.0326. The first kappa shape index (κ1) is 11.1. The van der Waals surface area contributed by atoms with Gasteiger partial charge in [0.15, 0.2) is 6.10 Å². The molecule has 1 heterocycles. The zero-order valence-electron chi connectivity index (χ0n) is 7.17. The van der Waals surface area contributed by atoms with Crippen LogP contribution in [0.15, 0.2) is 0 Å². The molecule has 0 aromatic rings. The SMILES string of the molecule is O=C1OCC(COCCC(F)(F)F)O1. The Hall–Kier alpha value is -0.980. The summed E-state index contributed by atoms with van der Waals surface area (Å²) < 4.78 is 48.5. The Morgan fingerprint density at radius 2 is 2.21 bits per heavy atom. The molecule has 1 aliphatic heterocycles. The summed E-state index contributed by atoms with van der Waals surface area (Å²) in [6.45, 7) is -0.468. The zero-order chi connectivity index (χ0) is 10.6. The van der Waals surface area contributed by atoms with Crippen molar-refractivity contribution in [2.45, 2.75) is 18.7 Å². The van der Waals surface area contributed by atoms with Gasteiger partial charge in [-0.25, -0.2) is 4.79 Å². The van der Waals surface area contributed by atoms with E-state index in [1.807, 2.05) is 0 Å². The maximum Gasteiger partial charge on any atom is 0.508 e. The minimum Gasteiger partial charge on any atom is -0.430 e. The molecule has 0 amide bonds. The molecule has 1 rings (SSSR count). The third-order valence-corrected chi connectivity index (χ3v) is 1.48. The van der Waals surface area contributed by atoms with Crippen LogP contribution in [-0.4, -0.2) is 38.3 Å². The molecule has 1 saturated heterocycles. The molecule has 14 heavy (non-hydrogen) atoms. The van der Waals surface area contributed by atoms with Crippen molar-refractivity contribution in [3.63, 3.8) is 0 Å². The highest BCUT2D eigenvalue weighted by molar-refractivity contribution is 5.61. The van der Waals surface area contributed by atoms with Crippen LogP contribution in [0.4, 0.5) is 18.0 Å². The normalized spacial score (nSPS) is 21.9. The highest BCUT2D eigenvalue weighted by Crippen LogP contribution is 2.19. The highest BCUT2D eigenvalue weighted by atomic mass is 19.4. The lowest BCUT2D eigenvalue weighted by Gasteiger charge is -2.09. The molecule has 0 bridgehead atoms. The summed E-state index contributed by atoms with van der Waals surface area (Å²) in [6, 6.07) is 0. The van der Waals surface area contributed by atoms with Crippen LogP contribution < -0.4 is 0 Å². The van der Waals surface area contributed by atoms with Crippen LogP contribution in [0.3, 0.4) is 0 Å². The largest absolute Gasteiger partial charge is 0.508 e. The Kier molecular flexibility index (Phi) is 3.56. The topological polar surface area (TPSA) is 44.8 Å². The predicted molar refractivity (Wildman–Crippen MR) is 37.7 cm³/mol. The predicted octanol–water partition coefficient (Wildman–Crippen LogP) is 1.49. The van der Waals surface area contributed by atoms with Crippen LogP contribution in [-0.2, 0) is 14.2 Å². The fourth-order valence-corrected chi connectivity index (χ4v) is 0.850. The second-order valence-corrected chi connectivity index (χ2v) is 2.74. The van der Waals surface area contributed by atoms with Crippen molar-refractivity contribution < 1.29 is 32.2 Å². The van der Waals surface area contributed by atoms with Gasteiger partial charge in [0, 0.05) is 0 Å². The third kappa shape index (κ3) is 4.31. The lowest BCUT2D eigenvalue weighted by atomic mass is 10.4. The molecule has 82 valence electrons. The maximum absolute atomic E-state index is 11.6. The number of cyclic esters (lactones) is 2. The number of alkyl halides is 3. The second-order valence-electron chi connectivity index (χ2n) is 2.74. The van der Waals surface area contributed by atoms with Crippen LogP contribution in [0.1, 0.15) is 6.42 Å². The number of halogens is 3. The fourth-order valence-electron chi connectivity index (χ4n) is 0.850. The average molecular weight is 214 g/mol. The Morgan fingerprint density at radius 1 is 1.50 bits per heavy atom. The monoisotopic (exact) mass is 214 g/mol. The first-order chi connectivity index (χ1) is 6.47. The van der Waals surface area contributed by atoms with E-state index in [1.54, 1.807) is 0 Å². The van der Waals surface area contributed by atoms with Gasteiger partial charge in [-0.05, 0) is 0 Å². The molecule has 7 heteroatoms. The van der Waals surface area contributed by atoms with Crippen molar-refractivity contribution in [2.24, 2.45) is 0 Å². The molecule has 0 radical (unpaired) electrons. The van der Waals surface area contributed by atoms with Gasteiger partial charge in [0.05, 0.1) is 19.6 Å². The van der Waals surface area contributed by atoms with Crippen LogP contribution in [0.25, 0.3) is 0 Å². The fraction of sp³-hybridized carbons (Fsp3) is 0.857. The van der Waals surface area contributed by atoms with Gasteiger partial charge >= 0.3 is 12.3 Å². The Labute approximate surface area is 77.9 Å². The molecule has 1 fully saturated rings. The number of carbonyl (C=O) groups is 1. The van der Waals surface area contributed by atoms with Gasteiger partial charge in [-0.1, -0.05) is 0 Å². The first-order valence-electron chi connectivity index (χ1n) is 3.95. The van der Waals surface area contributed by atoms with Crippen molar-refractivity contribution >= 4 is 6.16 Å². The summed E-state index contributed by atoms with van der Waals surface area (Å²) in [5, 5.41) is 0. The van der Waals surface area contributed by atoms with E-state index in [-0.39, 0.29) is 13.2 Å². The summed E-state index contributed by atoms with van der Waals surface area (Å²) in [7, 11) is 0. The lowest BCUT2D eigenvalue weighted by molar-refractivity contribution is -0.146. The standard InChI is InChI=1S/C7H9F3O4/c8-7(9,10)1-2-12-3-5-4-13-6(11)14-5/h5H,1-4H2. The molecule has 0 aromatic carbocycles. The number of rotatable bonds is 4. The molecular formula is C7H9F3O4.